The van der Waals surface area contributed by atoms with Gasteiger partial charge in [0.1, 0.15) is 16.9 Å². The van der Waals surface area contributed by atoms with E-state index in [2.05, 4.69) is 25.3 Å². The molecule has 0 spiro atoms. The van der Waals surface area contributed by atoms with Crippen LogP contribution in [0.3, 0.4) is 0 Å². The van der Waals surface area contributed by atoms with E-state index in [-0.39, 0.29) is 23.9 Å². The maximum absolute atomic E-state index is 12.5. The van der Waals surface area contributed by atoms with E-state index in [4.69, 9.17) is 11.6 Å². The Balaban J connectivity index is 1.56. The number of benzene rings is 1. The van der Waals surface area contributed by atoms with Gasteiger partial charge < -0.3 is 10.3 Å². The van der Waals surface area contributed by atoms with E-state index >= 15 is 0 Å². The van der Waals surface area contributed by atoms with Gasteiger partial charge in [0.05, 0.1) is 23.5 Å². The molecule has 1 aliphatic heterocycles. The van der Waals surface area contributed by atoms with Gasteiger partial charge >= 0.3 is 0 Å². The number of hydrogen-bond donors (Lipinski definition) is 2. The molecule has 0 aliphatic carbocycles. The molecule has 7 nitrogen and oxygen atoms in total. The second kappa shape index (κ2) is 5.88. The summed E-state index contributed by atoms with van der Waals surface area (Å²) in [5.74, 6) is -0.0496. The number of nitrogens with zero attached hydrogens (tertiary/aromatic N) is 3. The number of amides is 1. The summed E-state index contributed by atoms with van der Waals surface area (Å²) in [6, 6.07) is 3.31. The molecule has 3 aromatic rings. The number of aromatic nitrogens is 4. The van der Waals surface area contributed by atoms with Gasteiger partial charge in [0, 0.05) is 11.3 Å². The van der Waals surface area contributed by atoms with Crippen molar-refractivity contribution in [1.82, 2.24) is 19.9 Å². The molecule has 2 N–H and O–H groups in total. The number of imidazole rings is 1. The molecule has 0 bridgehead atoms. The zero-order chi connectivity index (χ0) is 16.7. The predicted molar refractivity (Wildman–Crippen MR) is 90.5 cm³/mol. The fourth-order valence-electron chi connectivity index (χ4n) is 2.53. The number of ketones is 1. The monoisotopic (exact) mass is 359 g/mol. The van der Waals surface area contributed by atoms with Crippen LogP contribution in [0.5, 0.6) is 0 Å². The average Bonchev–Trinajstić information content (AvgIpc) is 3.17. The lowest BCUT2D eigenvalue weighted by molar-refractivity contribution is -0.115. The van der Waals surface area contributed by atoms with Crippen molar-refractivity contribution in [3.8, 4) is 0 Å². The predicted octanol–water partition coefficient (Wildman–Crippen LogP) is 2.48. The Morgan fingerprint density at radius 3 is 3.04 bits per heavy atom. The van der Waals surface area contributed by atoms with Crippen LogP contribution in [-0.4, -0.2) is 37.4 Å². The molecule has 9 heteroatoms. The van der Waals surface area contributed by atoms with Crippen molar-refractivity contribution in [3.05, 3.63) is 40.9 Å². The number of thioether (sulfide) groups is 1. The highest BCUT2D eigenvalue weighted by Gasteiger charge is 2.22. The quantitative estimate of drug-likeness (QED) is 0.421. The number of Topliss-reactive ketones (excluding diaryl/α,β-unsaturated/α-hetero) is 1. The zero-order valence-electron chi connectivity index (χ0n) is 12.2. The fraction of sp³-hybridized carbons (Fsp3) is 0.133. The lowest BCUT2D eigenvalue weighted by Gasteiger charge is -2.07. The highest BCUT2D eigenvalue weighted by Crippen LogP contribution is 2.31. The standard InChI is InChI=1S/C15H10ClN5O2S/c16-9-3-10-7(2-12(23)21-10)1-8(9)11(22)4-24-15-13-14(18-5-17-13)19-6-20-15/h1,3,5-6H,2,4H2,(H,21,23)(H,17,18,19,20). The van der Waals surface area contributed by atoms with Gasteiger partial charge in [0.25, 0.3) is 0 Å². The molecular weight excluding hydrogens is 350 g/mol. The summed E-state index contributed by atoms with van der Waals surface area (Å²) >= 11 is 7.47. The van der Waals surface area contributed by atoms with Crippen molar-refractivity contribution in [2.45, 2.75) is 11.4 Å². The molecule has 24 heavy (non-hydrogen) atoms. The van der Waals surface area contributed by atoms with Crippen LogP contribution in [0.4, 0.5) is 5.69 Å². The summed E-state index contributed by atoms with van der Waals surface area (Å²) in [7, 11) is 0. The van der Waals surface area contributed by atoms with Gasteiger partial charge in [-0.05, 0) is 17.7 Å². The molecule has 1 amide bonds. The molecule has 120 valence electrons. The van der Waals surface area contributed by atoms with Crippen LogP contribution in [0, 0.1) is 0 Å². The molecule has 0 saturated carbocycles. The average molecular weight is 360 g/mol. The minimum Gasteiger partial charge on any atom is -0.341 e. The molecule has 0 atom stereocenters. The molecule has 2 aromatic heterocycles. The van der Waals surface area contributed by atoms with Gasteiger partial charge in [-0.1, -0.05) is 23.4 Å². The molecular formula is C15H10ClN5O2S. The number of H-pyrrole nitrogens is 1. The SMILES string of the molecule is O=C1Cc2cc(C(=O)CSc3ncnc4nc[nH]c34)c(Cl)cc2N1. The van der Waals surface area contributed by atoms with Crippen LogP contribution in [-0.2, 0) is 11.2 Å². The number of aromatic amines is 1. The summed E-state index contributed by atoms with van der Waals surface area (Å²) in [5, 5.41) is 3.69. The maximum atomic E-state index is 12.5. The van der Waals surface area contributed by atoms with Crippen molar-refractivity contribution in [2.75, 3.05) is 11.1 Å². The second-order valence-electron chi connectivity index (χ2n) is 5.21. The highest BCUT2D eigenvalue weighted by molar-refractivity contribution is 8.00. The Labute approximate surface area is 145 Å². The van der Waals surface area contributed by atoms with Crippen LogP contribution in [0.15, 0.2) is 29.8 Å². The summed E-state index contributed by atoms with van der Waals surface area (Å²) in [6.45, 7) is 0. The summed E-state index contributed by atoms with van der Waals surface area (Å²) in [4.78, 5) is 39.2. The van der Waals surface area contributed by atoms with E-state index in [9.17, 15) is 9.59 Å². The first kappa shape index (κ1) is 15.1. The fourth-order valence-corrected chi connectivity index (χ4v) is 3.63. The smallest absolute Gasteiger partial charge is 0.228 e. The van der Waals surface area contributed by atoms with Crippen molar-refractivity contribution < 1.29 is 9.59 Å². The molecule has 0 fully saturated rings. The van der Waals surface area contributed by atoms with Gasteiger partial charge in [0.15, 0.2) is 11.4 Å². The third kappa shape index (κ3) is 2.63. The van der Waals surface area contributed by atoms with Crippen LogP contribution in [0.1, 0.15) is 15.9 Å². The second-order valence-corrected chi connectivity index (χ2v) is 6.58. The number of carbonyl (C=O) groups is 2. The number of anilines is 1. The Morgan fingerprint density at radius 2 is 2.17 bits per heavy atom. The first-order chi connectivity index (χ1) is 11.6. The largest absolute Gasteiger partial charge is 0.341 e. The van der Waals surface area contributed by atoms with Crippen LogP contribution < -0.4 is 5.32 Å². The zero-order valence-corrected chi connectivity index (χ0v) is 13.7. The van der Waals surface area contributed by atoms with E-state index in [1.54, 1.807) is 12.1 Å². The van der Waals surface area contributed by atoms with Crippen LogP contribution >= 0.6 is 23.4 Å². The Hall–Kier alpha value is -2.45. The van der Waals surface area contributed by atoms with E-state index in [0.717, 1.165) is 5.56 Å². The maximum Gasteiger partial charge on any atom is 0.228 e. The first-order valence-electron chi connectivity index (χ1n) is 7.04. The molecule has 0 radical (unpaired) electrons. The Bertz CT molecular complexity index is 987. The Kier molecular flexibility index (Phi) is 3.70. The molecule has 1 aliphatic rings. The van der Waals surface area contributed by atoms with Gasteiger partial charge in [-0.3, -0.25) is 9.59 Å². The van der Waals surface area contributed by atoms with Crippen molar-refractivity contribution in [1.29, 1.82) is 0 Å². The van der Waals surface area contributed by atoms with Gasteiger partial charge in [-0.15, -0.1) is 0 Å². The molecule has 0 saturated heterocycles. The first-order valence-corrected chi connectivity index (χ1v) is 8.40. The van der Waals surface area contributed by atoms with E-state index in [0.29, 0.717) is 32.5 Å². The van der Waals surface area contributed by atoms with E-state index in [1.807, 2.05) is 0 Å². The Morgan fingerprint density at radius 1 is 1.29 bits per heavy atom. The number of carbonyl (C=O) groups excluding carboxylic acids is 2. The van der Waals surface area contributed by atoms with Crippen molar-refractivity contribution in [3.63, 3.8) is 0 Å². The minimum absolute atomic E-state index is 0.0948. The van der Waals surface area contributed by atoms with Crippen LogP contribution in [0.2, 0.25) is 5.02 Å². The van der Waals surface area contributed by atoms with Crippen molar-refractivity contribution >= 4 is 51.9 Å². The molecule has 3 heterocycles. The number of halogens is 1. The third-order valence-corrected chi connectivity index (χ3v) is 4.95. The minimum atomic E-state index is -0.126. The number of rotatable bonds is 4. The number of nitrogens with one attached hydrogen (secondary N) is 2. The highest BCUT2D eigenvalue weighted by atomic mass is 35.5. The summed E-state index contributed by atoms with van der Waals surface area (Å²) in [5.41, 5.74) is 3.12. The third-order valence-electron chi connectivity index (χ3n) is 3.65. The topological polar surface area (TPSA) is 101 Å². The number of fused-ring (bicyclic) bond motifs is 2. The van der Waals surface area contributed by atoms with Crippen LogP contribution in [0.25, 0.3) is 11.2 Å². The normalized spacial score (nSPS) is 13.1. The van der Waals surface area contributed by atoms with Crippen molar-refractivity contribution in [2.24, 2.45) is 0 Å². The van der Waals surface area contributed by atoms with E-state index in [1.165, 1.54) is 24.4 Å². The van der Waals surface area contributed by atoms with Gasteiger partial charge in [-0.2, -0.15) is 0 Å². The summed E-state index contributed by atoms with van der Waals surface area (Å²) < 4.78 is 0. The molecule has 1 aromatic carbocycles. The van der Waals surface area contributed by atoms with E-state index < -0.39 is 0 Å². The van der Waals surface area contributed by atoms with Gasteiger partial charge in [-0.25, -0.2) is 15.0 Å². The summed E-state index contributed by atoms with van der Waals surface area (Å²) in [6.07, 6.45) is 3.21. The van der Waals surface area contributed by atoms with Gasteiger partial charge in [0.2, 0.25) is 5.91 Å². The number of hydrogen-bond acceptors (Lipinski definition) is 6. The lowest BCUT2D eigenvalue weighted by atomic mass is 10.1. The lowest BCUT2D eigenvalue weighted by Crippen LogP contribution is -2.05. The molecule has 4 rings (SSSR count). The molecule has 0 unspecified atom stereocenters.